The molecule has 0 spiro atoms. The lowest BCUT2D eigenvalue weighted by atomic mass is 10.1. The Labute approximate surface area is 158 Å². The van der Waals surface area contributed by atoms with Gasteiger partial charge in [-0.15, -0.1) is 10.2 Å². The molecule has 0 aliphatic carbocycles. The first kappa shape index (κ1) is 18.6. The van der Waals surface area contributed by atoms with Gasteiger partial charge in [0.25, 0.3) is 5.78 Å². The van der Waals surface area contributed by atoms with E-state index in [1.807, 2.05) is 62.4 Å². The van der Waals surface area contributed by atoms with Crippen LogP contribution in [0.5, 0.6) is 5.75 Å². The molecule has 2 heterocycles. The first-order valence-corrected chi connectivity index (χ1v) is 8.93. The van der Waals surface area contributed by atoms with Gasteiger partial charge >= 0.3 is 6.03 Å². The van der Waals surface area contributed by atoms with Crippen molar-refractivity contribution in [2.24, 2.45) is 0 Å². The Morgan fingerprint density at radius 3 is 2.67 bits per heavy atom. The first-order chi connectivity index (χ1) is 13.0. The summed E-state index contributed by atoms with van der Waals surface area (Å²) in [7, 11) is 0. The smallest absolute Gasteiger partial charge is 0.315 e. The summed E-state index contributed by atoms with van der Waals surface area (Å²) in [5.41, 5.74) is 2.85. The second-order valence-electron chi connectivity index (χ2n) is 6.34. The van der Waals surface area contributed by atoms with E-state index in [1.54, 1.807) is 0 Å². The monoisotopic (exact) mass is 368 g/mol. The number of hydrogen-bond acceptors (Lipinski definition) is 5. The third-order valence-corrected chi connectivity index (χ3v) is 4.21. The summed E-state index contributed by atoms with van der Waals surface area (Å²) in [6.45, 7) is 8.63. The summed E-state index contributed by atoms with van der Waals surface area (Å²) in [6, 6.07) is 9.23. The topological polar surface area (TPSA) is 93.4 Å². The highest BCUT2D eigenvalue weighted by atomic mass is 16.5. The second kappa shape index (κ2) is 8.03. The number of carbonyl (C=O) groups excluding carboxylic acids is 1. The van der Waals surface area contributed by atoms with Gasteiger partial charge in [-0.2, -0.15) is 0 Å². The highest BCUT2D eigenvalue weighted by Crippen LogP contribution is 2.17. The van der Waals surface area contributed by atoms with E-state index in [2.05, 4.69) is 25.8 Å². The number of aryl methyl sites for hydroxylation is 2. The number of benzene rings is 1. The number of hydrogen-bond donors (Lipinski definition) is 2. The number of ether oxygens (including phenoxy) is 1. The molecule has 0 aliphatic heterocycles. The molecule has 0 bridgehead atoms. The molecule has 0 radical (unpaired) electrons. The van der Waals surface area contributed by atoms with E-state index in [9.17, 15) is 4.79 Å². The predicted octanol–water partition coefficient (Wildman–Crippen LogP) is 2.70. The molecule has 8 heteroatoms. The van der Waals surface area contributed by atoms with Crippen molar-refractivity contribution in [3.8, 4) is 5.75 Å². The van der Waals surface area contributed by atoms with Crippen LogP contribution in [0.1, 0.15) is 42.7 Å². The first-order valence-electron chi connectivity index (χ1n) is 8.93. The van der Waals surface area contributed by atoms with E-state index < -0.39 is 0 Å². The quantitative estimate of drug-likeness (QED) is 0.698. The summed E-state index contributed by atoms with van der Waals surface area (Å²) >= 11 is 0. The van der Waals surface area contributed by atoms with Crippen LogP contribution in [0.3, 0.4) is 0 Å². The van der Waals surface area contributed by atoms with Crippen LogP contribution < -0.4 is 15.4 Å². The van der Waals surface area contributed by atoms with E-state index in [0.29, 0.717) is 18.2 Å². The van der Waals surface area contributed by atoms with E-state index in [4.69, 9.17) is 4.74 Å². The van der Waals surface area contributed by atoms with Gasteiger partial charge in [0.2, 0.25) is 0 Å². The van der Waals surface area contributed by atoms with Crippen LogP contribution in [-0.2, 0) is 6.54 Å². The number of aromatic nitrogens is 4. The maximum absolute atomic E-state index is 12.2. The van der Waals surface area contributed by atoms with Crippen molar-refractivity contribution in [2.75, 3.05) is 6.61 Å². The van der Waals surface area contributed by atoms with Crippen molar-refractivity contribution in [3.63, 3.8) is 0 Å². The predicted molar refractivity (Wildman–Crippen MR) is 102 cm³/mol. The van der Waals surface area contributed by atoms with Crippen LogP contribution in [0.15, 0.2) is 30.3 Å². The molecule has 0 unspecified atom stereocenters. The summed E-state index contributed by atoms with van der Waals surface area (Å²) in [6.07, 6.45) is 0. The van der Waals surface area contributed by atoms with E-state index in [0.717, 1.165) is 22.7 Å². The highest BCUT2D eigenvalue weighted by Gasteiger charge is 2.13. The third kappa shape index (κ3) is 4.33. The zero-order valence-corrected chi connectivity index (χ0v) is 16.0. The molecular formula is C19H24N6O2. The molecule has 142 valence electrons. The largest absolute Gasteiger partial charge is 0.494 e. The van der Waals surface area contributed by atoms with E-state index in [-0.39, 0.29) is 18.6 Å². The van der Waals surface area contributed by atoms with Gasteiger partial charge in [0.1, 0.15) is 5.75 Å². The van der Waals surface area contributed by atoms with Crippen molar-refractivity contribution >= 4 is 11.8 Å². The lowest BCUT2D eigenvalue weighted by Gasteiger charge is -2.15. The maximum atomic E-state index is 12.2. The Kier molecular flexibility index (Phi) is 5.54. The lowest BCUT2D eigenvalue weighted by molar-refractivity contribution is 0.237. The van der Waals surface area contributed by atoms with Crippen LogP contribution in [0.2, 0.25) is 0 Å². The minimum atomic E-state index is -0.272. The normalized spacial score (nSPS) is 12.0. The average molecular weight is 368 g/mol. The van der Waals surface area contributed by atoms with Crippen LogP contribution in [0.25, 0.3) is 5.78 Å². The Morgan fingerprint density at radius 2 is 1.96 bits per heavy atom. The number of urea groups is 1. The molecule has 1 atom stereocenters. The van der Waals surface area contributed by atoms with Crippen molar-refractivity contribution in [3.05, 3.63) is 53.1 Å². The van der Waals surface area contributed by atoms with Gasteiger partial charge in [0.05, 0.1) is 19.2 Å². The van der Waals surface area contributed by atoms with Gasteiger partial charge in [0.15, 0.2) is 5.82 Å². The number of carbonyl (C=O) groups is 1. The third-order valence-electron chi connectivity index (χ3n) is 4.21. The van der Waals surface area contributed by atoms with Gasteiger partial charge in [-0.3, -0.25) is 4.40 Å². The zero-order chi connectivity index (χ0) is 19.4. The van der Waals surface area contributed by atoms with Crippen molar-refractivity contribution in [2.45, 2.75) is 40.3 Å². The Hall–Kier alpha value is -3.16. The van der Waals surface area contributed by atoms with Gasteiger partial charge in [0, 0.05) is 11.4 Å². The SMILES string of the molecule is CCOc1ccc([C@@H](C)NC(=O)NCc2nnc3nc(C)cc(C)n23)cc1. The van der Waals surface area contributed by atoms with Crippen molar-refractivity contribution in [1.29, 1.82) is 0 Å². The summed E-state index contributed by atoms with van der Waals surface area (Å²) in [4.78, 5) is 16.6. The molecule has 2 N–H and O–H groups in total. The summed E-state index contributed by atoms with van der Waals surface area (Å²) in [5, 5.41) is 13.9. The van der Waals surface area contributed by atoms with E-state index >= 15 is 0 Å². The summed E-state index contributed by atoms with van der Waals surface area (Å²) in [5.74, 6) is 1.99. The molecule has 3 aromatic rings. The number of fused-ring (bicyclic) bond motifs is 1. The molecule has 1 aromatic carbocycles. The van der Waals surface area contributed by atoms with Crippen LogP contribution in [0, 0.1) is 13.8 Å². The fourth-order valence-electron chi connectivity index (χ4n) is 2.92. The molecule has 2 aromatic heterocycles. The standard InChI is InChI=1S/C19H24N6O2/c1-5-27-16-8-6-15(7-9-16)14(4)22-19(26)20-11-17-23-24-18-21-12(2)10-13(3)25(17)18/h6-10,14H,5,11H2,1-4H3,(H2,20,22,26)/t14-/m1/s1. The lowest BCUT2D eigenvalue weighted by Crippen LogP contribution is -2.37. The highest BCUT2D eigenvalue weighted by molar-refractivity contribution is 5.74. The van der Waals surface area contributed by atoms with Gasteiger partial charge < -0.3 is 15.4 Å². The second-order valence-corrected chi connectivity index (χ2v) is 6.34. The molecule has 2 amide bonds. The molecule has 0 aliphatic rings. The van der Waals surface area contributed by atoms with Gasteiger partial charge in [-0.1, -0.05) is 12.1 Å². The maximum Gasteiger partial charge on any atom is 0.315 e. The molecular weight excluding hydrogens is 344 g/mol. The van der Waals surface area contributed by atoms with E-state index in [1.165, 1.54) is 0 Å². The van der Waals surface area contributed by atoms with Gasteiger partial charge in [-0.05, 0) is 51.5 Å². The Morgan fingerprint density at radius 1 is 1.22 bits per heavy atom. The minimum Gasteiger partial charge on any atom is -0.494 e. The Bertz CT molecular complexity index is 935. The van der Waals surface area contributed by atoms with Crippen molar-refractivity contribution in [1.82, 2.24) is 30.2 Å². The molecule has 0 saturated heterocycles. The fraction of sp³-hybridized carbons (Fsp3) is 0.368. The Balaban J connectivity index is 1.59. The van der Waals surface area contributed by atoms with Crippen LogP contribution in [-0.4, -0.2) is 32.2 Å². The number of rotatable bonds is 6. The molecule has 0 fully saturated rings. The number of nitrogens with zero attached hydrogens (tertiary/aromatic N) is 4. The zero-order valence-electron chi connectivity index (χ0n) is 16.0. The van der Waals surface area contributed by atoms with Crippen molar-refractivity contribution < 1.29 is 9.53 Å². The fourth-order valence-corrected chi connectivity index (χ4v) is 2.92. The summed E-state index contributed by atoms with van der Waals surface area (Å²) < 4.78 is 7.27. The van der Waals surface area contributed by atoms with Crippen LogP contribution >= 0.6 is 0 Å². The minimum absolute atomic E-state index is 0.137. The molecule has 0 saturated carbocycles. The molecule has 8 nitrogen and oxygen atoms in total. The average Bonchev–Trinajstić information content (AvgIpc) is 3.04. The molecule has 3 rings (SSSR count). The van der Waals surface area contributed by atoms with Crippen LogP contribution in [0.4, 0.5) is 4.79 Å². The number of nitrogens with one attached hydrogen (secondary N) is 2. The number of amides is 2. The molecule has 27 heavy (non-hydrogen) atoms. The van der Waals surface area contributed by atoms with Gasteiger partial charge in [-0.25, -0.2) is 9.78 Å².